The number of carbonyl (C=O) groups is 3. The van der Waals surface area contributed by atoms with E-state index in [0.29, 0.717) is 16.8 Å². The Bertz CT molecular complexity index is 1620. The van der Waals surface area contributed by atoms with Gasteiger partial charge in [0.1, 0.15) is 5.76 Å². The maximum atomic E-state index is 13.5. The summed E-state index contributed by atoms with van der Waals surface area (Å²) in [4.78, 5) is 40.9. The number of fused-ring (bicyclic) bond motifs is 1. The van der Waals surface area contributed by atoms with Crippen molar-refractivity contribution in [2.45, 2.75) is 32.9 Å². The number of nitrogens with zero attached hydrogens (tertiary/aromatic N) is 1. The van der Waals surface area contributed by atoms with E-state index in [1.807, 2.05) is 61.5 Å². The standard InChI is InChI=1S/C32H27NO5/c1-19(2)38-32(37)25-12-7-13-26(18-25)33-28(23-11-6-8-20(3)16-23)27(30(35)31(33)36)29(34)24-15-14-21-9-4-5-10-22(21)17-24/h4-19,28,34H,1-3H3/b29-27-. The number of ketones is 1. The van der Waals surface area contributed by atoms with Crippen molar-refractivity contribution in [3.8, 4) is 0 Å². The second kappa shape index (κ2) is 9.98. The third-order valence-electron chi connectivity index (χ3n) is 6.53. The van der Waals surface area contributed by atoms with Crippen molar-refractivity contribution in [1.82, 2.24) is 0 Å². The molecule has 190 valence electrons. The van der Waals surface area contributed by atoms with Crippen LogP contribution in [0.15, 0.2) is 96.6 Å². The maximum absolute atomic E-state index is 13.5. The molecule has 4 aromatic carbocycles. The average molecular weight is 506 g/mol. The van der Waals surface area contributed by atoms with Gasteiger partial charge in [0.05, 0.1) is 23.3 Å². The molecule has 38 heavy (non-hydrogen) atoms. The van der Waals surface area contributed by atoms with Crippen molar-refractivity contribution in [2.24, 2.45) is 0 Å². The monoisotopic (exact) mass is 505 g/mol. The highest BCUT2D eigenvalue weighted by Gasteiger charge is 2.47. The number of hydrogen-bond acceptors (Lipinski definition) is 5. The summed E-state index contributed by atoms with van der Waals surface area (Å²) in [7, 11) is 0. The van der Waals surface area contributed by atoms with Gasteiger partial charge in [-0.25, -0.2) is 4.79 Å². The lowest BCUT2D eigenvalue weighted by Crippen LogP contribution is -2.29. The minimum atomic E-state index is -0.891. The fourth-order valence-corrected chi connectivity index (χ4v) is 4.81. The third kappa shape index (κ3) is 4.57. The SMILES string of the molecule is Cc1cccc(C2/C(=C(/O)c3ccc4ccccc4c3)C(=O)C(=O)N2c2cccc(C(=O)OC(C)C)c2)c1. The van der Waals surface area contributed by atoms with Gasteiger partial charge in [0.25, 0.3) is 11.7 Å². The van der Waals surface area contributed by atoms with Gasteiger partial charge in [-0.3, -0.25) is 14.5 Å². The molecule has 5 rings (SSSR count). The van der Waals surface area contributed by atoms with Crippen LogP contribution in [0.25, 0.3) is 16.5 Å². The summed E-state index contributed by atoms with van der Waals surface area (Å²) in [5, 5.41) is 13.4. The van der Waals surface area contributed by atoms with E-state index in [4.69, 9.17) is 4.74 Å². The maximum Gasteiger partial charge on any atom is 0.338 e. The van der Waals surface area contributed by atoms with Gasteiger partial charge in [-0.05, 0) is 61.4 Å². The van der Waals surface area contributed by atoms with Gasteiger partial charge in [-0.1, -0.05) is 72.3 Å². The summed E-state index contributed by atoms with van der Waals surface area (Å²) in [5.74, 6) is -2.36. The average Bonchev–Trinajstić information content (AvgIpc) is 3.17. The van der Waals surface area contributed by atoms with Gasteiger partial charge in [0, 0.05) is 11.3 Å². The number of anilines is 1. The molecule has 1 saturated heterocycles. The minimum Gasteiger partial charge on any atom is -0.507 e. The quantitative estimate of drug-likeness (QED) is 0.148. The molecule has 0 spiro atoms. The van der Waals surface area contributed by atoms with Crippen LogP contribution in [-0.2, 0) is 14.3 Å². The Labute approximate surface area is 220 Å². The summed E-state index contributed by atoms with van der Waals surface area (Å²) in [6.07, 6.45) is -0.311. The number of hydrogen-bond donors (Lipinski definition) is 1. The molecule has 0 radical (unpaired) electrons. The molecule has 1 N–H and O–H groups in total. The predicted molar refractivity (Wildman–Crippen MR) is 147 cm³/mol. The second-order valence-electron chi connectivity index (χ2n) is 9.65. The van der Waals surface area contributed by atoms with Gasteiger partial charge in [-0.15, -0.1) is 0 Å². The molecule has 0 aliphatic carbocycles. The number of carbonyl (C=O) groups excluding carboxylic acids is 3. The zero-order valence-corrected chi connectivity index (χ0v) is 21.3. The normalized spacial score (nSPS) is 16.8. The van der Waals surface area contributed by atoms with Crippen LogP contribution >= 0.6 is 0 Å². The first-order valence-electron chi connectivity index (χ1n) is 12.4. The van der Waals surface area contributed by atoms with Gasteiger partial charge in [0.2, 0.25) is 0 Å². The van der Waals surface area contributed by atoms with E-state index in [9.17, 15) is 19.5 Å². The van der Waals surface area contributed by atoms with Gasteiger partial charge < -0.3 is 9.84 Å². The fourth-order valence-electron chi connectivity index (χ4n) is 4.81. The zero-order chi connectivity index (χ0) is 27.0. The van der Waals surface area contributed by atoms with E-state index in [1.54, 1.807) is 44.2 Å². The molecule has 1 amide bonds. The van der Waals surface area contributed by atoms with Crippen LogP contribution in [0.4, 0.5) is 5.69 Å². The molecular weight excluding hydrogens is 478 g/mol. The number of aliphatic hydroxyl groups excluding tert-OH is 1. The Morgan fingerprint density at radius 1 is 0.842 bits per heavy atom. The Morgan fingerprint density at radius 3 is 2.32 bits per heavy atom. The number of esters is 1. The van der Waals surface area contributed by atoms with Crippen LogP contribution < -0.4 is 4.90 Å². The number of Topliss-reactive ketones (excluding diaryl/α,β-unsaturated/α-hetero) is 1. The summed E-state index contributed by atoms with van der Waals surface area (Å²) in [5.41, 5.74) is 2.65. The molecule has 1 atom stereocenters. The number of amides is 1. The fraction of sp³-hybridized carbons (Fsp3) is 0.156. The molecule has 4 aromatic rings. The molecule has 1 heterocycles. The molecule has 0 saturated carbocycles. The highest BCUT2D eigenvalue weighted by atomic mass is 16.5. The van der Waals surface area contributed by atoms with Crippen molar-refractivity contribution in [2.75, 3.05) is 4.90 Å². The first-order valence-corrected chi connectivity index (χ1v) is 12.4. The molecule has 1 aliphatic heterocycles. The molecule has 1 unspecified atom stereocenters. The molecule has 0 aromatic heterocycles. The van der Waals surface area contributed by atoms with E-state index in [2.05, 4.69) is 0 Å². The largest absolute Gasteiger partial charge is 0.507 e. The molecule has 6 nitrogen and oxygen atoms in total. The van der Waals surface area contributed by atoms with Crippen LogP contribution in [0.1, 0.15) is 46.9 Å². The Balaban J connectivity index is 1.68. The zero-order valence-electron chi connectivity index (χ0n) is 21.3. The number of ether oxygens (including phenoxy) is 1. The molecule has 6 heteroatoms. The van der Waals surface area contributed by atoms with Crippen molar-refractivity contribution < 1.29 is 24.2 Å². The predicted octanol–water partition coefficient (Wildman–Crippen LogP) is 6.34. The number of benzene rings is 4. The van der Waals surface area contributed by atoms with Crippen molar-refractivity contribution in [3.63, 3.8) is 0 Å². The highest BCUT2D eigenvalue weighted by molar-refractivity contribution is 6.51. The van der Waals surface area contributed by atoms with Crippen LogP contribution in [0, 0.1) is 6.92 Å². The molecule has 1 fully saturated rings. The summed E-state index contributed by atoms with van der Waals surface area (Å²) >= 11 is 0. The third-order valence-corrected chi connectivity index (χ3v) is 6.53. The van der Waals surface area contributed by atoms with Crippen molar-refractivity contribution in [3.05, 3.63) is 119 Å². The number of aliphatic hydroxyl groups is 1. The minimum absolute atomic E-state index is 0.00830. The van der Waals surface area contributed by atoms with Crippen LogP contribution in [0.3, 0.4) is 0 Å². The van der Waals surface area contributed by atoms with Gasteiger partial charge >= 0.3 is 5.97 Å². The smallest absolute Gasteiger partial charge is 0.338 e. The molecule has 0 bridgehead atoms. The van der Waals surface area contributed by atoms with E-state index < -0.39 is 23.7 Å². The van der Waals surface area contributed by atoms with E-state index in [1.165, 1.54) is 11.0 Å². The van der Waals surface area contributed by atoms with E-state index in [0.717, 1.165) is 16.3 Å². The summed E-state index contributed by atoms with van der Waals surface area (Å²) < 4.78 is 5.32. The lowest BCUT2D eigenvalue weighted by Gasteiger charge is -2.26. The van der Waals surface area contributed by atoms with Gasteiger partial charge in [-0.2, -0.15) is 0 Å². The lowest BCUT2D eigenvalue weighted by molar-refractivity contribution is -0.132. The van der Waals surface area contributed by atoms with Crippen LogP contribution in [0.5, 0.6) is 0 Å². The van der Waals surface area contributed by atoms with E-state index >= 15 is 0 Å². The Morgan fingerprint density at radius 2 is 1.58 bits per heavy atom. The Hall–Kier alpha value is -4.71. The second-order valence-corrected chi connectivity index (χ2v) is 9.65. The molecule has 1 aliphatic rings. The highest BCUT2D eigenvalue weighted by Crippen LogP contribution is 2.42. The molecular formula is C32H27NO5. The number of aryl methyl sites for hydroxylation is 1. The first-order chi connectivity index (χ1) is 18.2. The van der Waals surface area contributed by atoms with Crippen molar-refractivity contribution in [1.29, 1.82) is 0 Å². The first kappa shape index (κ1) is 25.0. The topological polar surface area (TPSA) is 83.9 Å². The Kier molecular flexibility index (Phi) is 6.55. The summed E-state index contributed by atoms with van der Waals surface area (Å²) in [6, 6.07) is 26.1. The number of rotatable bonds is 5. The van der Waals surface area contributed by atoms with E-state index in [-0.39, 0.29) is 23.0 Å². The van der Waals surface area contributed by atoms with Crippen LogP contribution in [0.2, 0.25) is 0 Å². The van der Waals surface area contributed by atoms with Crippen LogP contribution in [-0.4, -0.2) is 28.9 Å². The van der Waals surface area contributed by atoms with Gasteiger partial charge in [0.15, 0.2) is 0 Å². The lowest BCUT2D eigenvalue weighted by atomic mass is 9.93. The summed E-state index contributed by atoms with van der Waals surface area (Å²) in [6.45, 7) is 5.43. The van der Waals surface area contributed by atoms with Crippen molar-refractivity contribution >= 4 is 39.9 Å².